The maximum absolute atomic E-state index is 12.1. The van der Waals surface area contributed by atoms with E-state index in [9.17, 15) is 8.42 Å². The number of sulfone groups is 1. The first kappa shape index (κ1) is 18.3. The molecular formula is C17H18ClN5O2S. The van der Waals surface area contributed by atoms with Gasteiger partial charge in [0.1, 0.15) is 5.69 Å². The molecule has 2 heterocycles. The molecule has 0 saturated heterocycles. The molecule has 0 unspecified atom stereocenters. The highest BCUT2D eigenvalue weighted by atomic mass is 35.5. The normalized spacial score (nSPS) is 12.2. The van der Waals surface area contributed by atoms with E-state index in [0.29, 0.717) is 22.1 Å². The van der Waals surface area contributed by atoms with Crippen LogP contribution >= 0.6 is 11.6 Å². The number of hydrogen-bond donors (Lipinski definition) is 0. The molecule has 136 valence electrons. The zero-order valence-electron chi connectivity index (χ0n) is 14.8. The fourth-order valence-electron chi connectivity index (χ4n) is 2.59. The quantitative estimate of drug-likeness (QED) is 0.680. The van der Waals surface area contributed by atoms with Gasteiger partial charge in [-0.3, -0.25) is 0 Å². The van der Waals surface area contributed by atoms with Crippen LogP contribution in [0.15, 0.2) is 35.5 Å². The Kier molecular flexibility index (Phi) is 4.72. The molecule has 0 atom stereocenters. The molecule has 0 spiro atoms. The zero-order chi connectivity index (χ0) is 19.1. The first-order chi connectivity index (χ1) is 12.2. The molecular weight excluding hydrogens is 374 g/mol. The molecule has 0 saturated carbocycles. The molecule has 0 aliphatic rings. The monoisotopic (exact) mass is 391 g/mol. The van der Waals surface area contributed by atoms with Crippen LogP contribution in [0.1, 0.15) is 11.4 Å². The van der Waals surface area contributed by atoms with Crippen molar-refractivity contribution in [3.63, 3.8) is 0 Å². The molecule has 3 rings (SSSR count). The summed E-state index contributed by atoms with van der Waals surface area (Å²) < 4.78 is 25.8. The first-order valence-corrected chi connectivity index (χ1v) is 10.0. The number of aromatic nitrogens is 4. The number of aryl methyl sites for hydroxylation is 1. The molecule has 0 radical (unpaired) electrons. The predicted molar refractivity (Wildman–Crippen MR) is 102 cm³/mol. The standard InChI is InChI=1S/C17H18ClN5O2S/c1-11-15(12-5-7-13(18)8-6-12)16-19-20-17(26(4,24)25)14(23(16)21-11)9-10-22(2)3/h5-10H,1-4H3/b10-9+. The Labute approximate surface area is 156 Å². The van der Waals surface area contributed by atoms with Crippen molar-refractivity contribution in [2.24, 2.45) is 0 Å². The molecule has 9 heteroatoms. The molecule has 26 heavy (non-hydrogen) atoms. The first-order valence-electron chi connectivity index (χ1n) is 7.75. The van der Waals surface area contributed by atoms with Gasteiger partial charge in [-0.1, -0.05) is 23.7 Å². The van der Waals surface area contributed by atoms with Crippen LogP contribution in [0.5, 0.6) is 0 Å². The van der Waals surface area contributed by atoms with Gasteiger partial charge in [0.05, 0.1) is 11.3 Å². The number of hydrogen-bond acceptors (Lipinski definition) is 6. The van der Waals surface area contributed by atoms with Crippen LogP contribution in [-0.4, -0.2) is 53.5 Å². The number of halogens is 1. The lowest BCUT2D eigenvalue weighted by molar-refractivity contribution is 0.566. The van der Waals surface area contributed by atoms with Crippen molar-refractivity contribution in [1.29, 1.82) is 0 Å². The molecule has 2 aromatic heterocycles. The van der Waals surface area contributed by atoms with E-state index in [1.807, 2.05) is 33.2 Å². The van der Waals surface area contributed by atoms with Crippen LogP contribution in [0.4, 0.5) is 0 Å². The third kappa shape index (κ3) is 3.42. The maximum Gasteiger partial charge on any atom is 0.203 e. The Bertz CT molecular complexity index is 1100. The average Bonchev–Trinajstić information content (AvgIpc) is 2.88. The Morgan fingerprint density at radius 2 is 1.81 bits per heavy atom. The molecule has 0 bridgehead atoms. The summed E-state index contributed by atoms with van der Waals surface area (Å²) in [6, 6.07) is 7.30. The minimum Gasteiger partial charge on any atom is -0.383 e. The van der Waals surface area contributed by atoms with E-state index in [2.05, 4.69) is 15.3 Å². The van der Waals surface area contributed by atoms with Crippen molar-refractivity contribution in [2.75, 3.05) is 20.4 Å². The summed E-state index contributed by atoms with van der Waals surface area (Å²) >= 11 is 5.97. The second kappa shape index (κ2) is 6.69. The lowest BCUT2D eigenvalue weighted by Gasteiger charge is -2.08. The zero-order valence-corrected chi connectivity index (χ0v) is 16.4. The minimum absolute atomic E-state index is 0.117. The smallest absolute Gasteiger partial charge is 0.203 e. The van der Waals surface area contributed by atoms with Crippen molar-refractivity contribution in [3.8, 4) is 11.1 Å². The van der Waals surface area contributed by atoms with Crippen LogP contribution in [0.25, 0.3) is 22.9 Å². The van der Waals surface area contributed by atoms with Gasteiger partial charge in [0.15, 0.2) is 15.5 Å². The highest BCUT2D eigenvalue weighted by Crippen LogP contribution is 2.29. The van der Waals surface area contributed by atoms with Gasteiger partial charge >= 0.3 is 0 Å². The summed E-state index contributed by atoms with van der Waals surface area (Å²) in [7, 11) is 0.118. The highest BCUT2D eigenvalue weighted by molar-refractivity contribution is 7.90. The van der Waals surface area contributed by atoms with Crippen LogP contribution < -0.4 is 0 Å². The number of fused-ring (bicyclic) bond motifs is 1. The summed E-state index contributed by atoms with van der Waals surface area (Å²) in [5.74, 6) is 0. The Hall–Kier alpha value is -2.45. The fourth-order valence-corrected chi connectivity index (χ4v) is 3.44. The SMILES string of the molecule is Cc1nn2c(/C=C/N(C)C)c(S(C)(=O)=O)nnc2c1-c1ccc(Cl)cc1. The van der Waals surface area contributed by atoms with Crippen molar-refractivity contribution in [2.45, 2.75) is 11.9 Å². The van der Waals surface area contributed by atoms with Crippen molar-refractivity contribution in [3.05, 3.63) is 46.9 Å². The predicted octanol–water partition coefficient (Wildman–Crippen LogP) is 2.69. The van der Waals surface area contributed by atoms with Gasteiger partial charge in [0.25, 0.3) is 0 Å². The molecule has 1 aromatic carbocycles. The lowest BCUT2D eigenvalue weighted by atomic mass is 10.1. The van der Waals surface area contributed by atoms with Crippen LogP contribution in [-0.2, 0) is 9.84 Å². The van der Waals surface area contributed by atoms with Crippen LogP contribution in [0.3, 0.4) is 0 Å². The topological polar surface area (TPSA) is 80.5 Å². The Morgan fingerprint density at radius 1 is 1.15 bits per heavy atom. The van der Waals surface area contributed by atoms with Crippen molar-refractivity contribution in [1.82, 2.24) is 24.7 Å². The Morgan fingerprint density at radius 3 is 2.38 bits per heavy atom. The molecule has 0 amide bonds. The Balaban J connectivity index is 2.34. The van der Waals surface area contributed by atoms with E-state index < -0.39 is 9.84 Å². The molecule has 0 N–H and O–H groups in total. The second-order valence-corrected chi connectivity index (χ2v) is 8.51. The third-order valence-electron chi connectivity index (χ3n) is 3.73. The highest BCUT2D eigenvalue weighted by Gasteiger charge is 2.22. The van der Waals surface area contributed by atoms with E-state index >= 15 is 0 Å². The van der Waals surface area contributed by atoms with Gasteiger partial charge in [-0.2, -0.15) is 5.10 Å². The van der Waals surface area contributed by atoms with E-state index in [-0.39, 0.29) is 5.03 Å². The molecule has 7 nitrogen and oxygen atoms in total. The van der Waals surface area contributed by atoms with Crippen LogP contribution in [0, 0.1) is 6.92 Å². The lowest BCUT2D eigenvalue weighted by Crippen LogP contribution is -2.11. The number of benzene rings is 1. The van der Waals surface area contributed by atoms with E-state index in [1.165, 1.54) is 4.52 Å². The number of rotatable bonds is 4. The van der Waals surface area contributed by atoms with Gasteiger partial charge in [0.2, 0.25) is 5.03 Å². The van der Waals surface area contributed by atoms with Gasteiger partial charge in [-0.15, -0.1) is 10.2 Å². The fraction of sp³-hybridized carbons (Fsp3) is 0.235. The van der Waals surface area contributed by atoms with Crippen molar-refractivity contribution < 1.29 is 8.42 Å². The largest absolute Gasteiger partial charge is 0.383 e. The summed E-state index contributed by atoms with van der Waals surface area (Å²) in [5, 5.41) is 13.1. The summed E-state index contributed by atoms with van der Waals surface area (Å²) in [4.78, 5) is 1.80. The molecule has 3 aromatic rings. The third-order valence-corrected chi connectivity index (χ3v) is 4.98. The minimum atomic E-state index is -3.57. The van der Waals surface area contributed by atoms with Gasteiger partial charge < -0.3 is 4.90 Å². The second-order valence-electron chi connectivity index (χ2n) is 6.14. The van der Waals surface area contributed by atoms with Gasteiger partial charge in [-0.05, 0) is 30.7 Å². The van der Waals surface area contributed by atoms with E-state index in [4.69, 9.17) is 11.6 Å². The maximum atomic E-state index is 12.1. The van der Waals surface area contributed by atoms with Gasteiger partial charge in [0, 0.05) is 31.6 Å². The average molecular weight is 392 g/mol. The summed E-state index contributed by atoms with van der Waals surface area (Å²) in [6.45, 7) is 1.85. The van der Waals surface area contributed by atoms with E-state index in [1.54, 1.807) is 29.3 Å². The van der Waals surface area contributed by atoms with Gasteiger partial charge in [-0.25, -0.2) is 12.9 Å². The summed E-state index contributed by atoms with van der Waals surface area (Å²) in [5.41, 5.74) is 3.22. The molecule has 0 fully saturated rings. The van der Waals surface area contributed by atoms with Crippen molar-refractivity contribution >= 4 is 33.2 Å². The van der Waals surface area contributed by atoms with E-state index in [0.717, 1.165) is 17.4 Å². The molecule has 0 aliphatic carbocycles. The van der Waals surface area contributed by atoms with Crippen LogP contribution in [0.2, 0.25) is 5.02 Å². The summed E-state index contributed by atoms with van der Waals surface area (Å²) in [6.07, 6.45) is 4.51. The molecule has 0 aliphatic heterocycles. The number of nitrogens with zero attached hydrogens (tertiary/aromatic N) is 5.